The highest BCUT2D eigenvalue weighted by Gasteiger charge is 2.29. The third-order valence-electron chi connectivity index (χ3n) is 4.57. The first-order valence-corrected chi connectivity index (χ1v) is 10.7. The van der Waals surface area contributed by atoms with E-state index in [2.05, 4.69) is 10.6 Å². The number of hydrogen-bond acceptors (Lipinski definition) is 7. The number of carbonyl (C=O) groups excluding carboxylic acids is 1. The first-order valence-electron chi connectivity index (χ1n) is 9.24. The number of morpholine rings is 1. The number of benzene rings is 1. The van der Waals surface area contributed by atoms with Crippen molar-refractivity contribution in [2.45, 2.75) is 17.9 Å². The molecule has 2 N–H and O–H groups in total. The van der Waals surface area contributed by atoms with E-state index in [0.717, 1.165) is 5.76 Å². The summed E-state index contributed by atoms with van der Waals surface area (Å²) in [5.74, 6) is 0.642. The van der Waals surface area contributed by atoms with Gasteiger partial charge in [0.2, 0.25) is 15.9 Å². The highest BCUT2D eigenvalue weighted by atomic mass is 32.2. The van der Waals surface area contributed by atoms with E-state index in [4.69, 9.17) is 13.9 Å². The molecule has 158 valence electrons. The van der Waals surface area contributed by atoms with Crippen molar-refractivity contribution in [3.63, 3.8) is 0 Å². The fraction of sp³-hybridized carbons (Fsp3) is 0.421. The Kier molecular flexibility index (Phi) is 6.91. The van der Waals surface area contributed by atoms with Crippen molar-refractivity contribution in [3.05, 3.63) is 42.4 Å². The van der Waals surface area contributed by atoms with Crippen LogP contribution in [0.5, 0.6) is 5.75 Å². The van der Waals surface area contributed by atoms with Gasteiger partial charge in [-0.05, 0) is 37.3 Å². The van der Waals surface area contributed by atoms with Crippen molar-refractivity contribution < 1.29 is 27.1 Å². The Morgan fingerprint density at radius 2 is 2.03 bits per heavy atom. The molecule has 29 heavy (non-hydrogen) atoms. The summed E-state index contributed by atoms with van der Waals surface area (Å²) in [4.78, 5) is 12.3. The van der Waals surface area contributed by atoms with Gasteiger partial charge in [-0.25, -0.2) is 8.42 Å². The summed E-state index contributed by atoms with van der Waals surface area (Å²) in [5.41, 5.74) is 0.370. The minimum Gasteiger partial charge on any atom is -0.495 e. The van der Waals surface area contributed by atoms with Crippen LogP contribution in [-0.2, 0) is 19.6 Å². The van der Waals surface area contributed by atoms with E-state index in [9.17, 15) is 13.2 Å². The molecule has 10 heteroatoms. The Hall–Kier alpha value is -2.40. The number of anilines is 1. The third kappa shape index (κ3) is 5.15. The number of ether oxygens (including phenoxy) is 2. The van der Waals surface area contributed by atoms with Gasteiger partial charge in [-0.1, -0.05) is 0 Å². The van der Waals surface area contributed by atoms with E-state index < -0.39 is 10.0 Å². The Morgan fingerprint density at radius 3 is 2.69 bits per heavy atom. The quantitative estimate of drug-likeness (QED) is 0.664. The van der Waals surface area contributed by atoms with Crippen molar-refractivity contribution >= 4 is 21.6 Å². The van der Waals surface area contributed by atoms with Gasteiger partial charge < -0.3 is 19.2 Å². The van der Waals surface area contributed by atoms with E-state index in [1.165, 1.54) is 23.5 Å². The highest BCUT2D eigenvalue weighted by Crippen LogP contribution is 2.30. The standard InChI is InChI=1S/C19H25N3O6S/c1-14(16-4-3-9-28-16)20-13-19(23)21-15-5-6-17(26-2)18(12-15)29(24,25)22-7-10-27-11-8-22/h3-6,9,12,14,20H,7-8,10-11,13H2,1-2H3,(H,21,23)/t14-/m1/s1. The van der Waals surface area contributed by atoms with Gasteiger partial charge in [0.15, 0.2) is 0 Å². The van der Waals surface area contributed by atoms with Crippen molar-refractivity contribution in [1.29, 1.82) is 0 Å². The normalized spacial score (nSPS) is 16.3. The monoisotopic (exact) mass is 423 g/mol. The first-order chi connectivity index (χ1) is 13.9. The topological polar surface area (TPSA) is 110 Å². The summed E-state index contributed by atoms with van der Waals surface area (Å²) in [7, 11) is -2.36. The molecule has 1 aliphatic rings. The van der Waals surface area contributed by atoms with E-state index in [1.807, 2.05) is 13.0 Å². The molecule has 1 amide bonds. The van der Waals surface area contributed by atoms with Gasteiger partial charge in [-0.15, -0.1) is 0 Å². The Morgan fingerprint density at radius 1 is 1.28 bits per heavy atom. The van der Waals surface area contributed by atoms with Crippen LogP contribution in [-0.4, -0.2) is 58.6 Å². The molecule has 0 aliphatic carbocycles. The summed E-state index contributed by atoms with van der Waals surface area (Å²) >= 11 is 0. The number of methoxy groups -OCH3 is 1. The molecule has 0 unspecified atom stereocenters. The molecule has 2 heterocycles. The maximum absolute atomic E-state index is 13.0. The van der Waals surface area contributed by atoms with Crippen LogP contribution in [0, 0.1) is 0 Å². The summed E-state index contributed by atoms with van der Waals surface area (Å²) in [6.45, 7) is 3.16. The maximum atomic E-state index is 13.0. The van der Waals surface area contributed by atoms with Gasteiger partial charge >= 0.3 is 0 Å². The molecule has 1 aromatic carbocycles. The zero-order chi connectivity index (χ0) is 20.9. The molecular formula is C19H25N3O6S. The van der Waals surface area contributed by atoms with Gasteiger partial charge in [-0.2, -0.15) is 4.31 Å². The van der Waals surface area contributed by atoms with Crippen molar-refractivity contribution in [2.75, 3.05) is 45.3 Å². The molecule has 9 nitrogen and oxygen atoms in total. The van der Waals surface area contributed by atoms with Crippen LogP contribution < -0.4 is 15.4 Å². The van der Waals surface area contributed by atoms with Crippen molar-refractivity contribution in [2.24, 2.45) is 0 Å². The predicted molar refractivity (Wildman–Crippen MR) is 106 cm³/mol. The predicted octanol–water partition coefficient (Wildman–Crippen LogP) is 1.60. The van der Waals surface area contributed by atoms with E-state index >= 15 is 0 Å². The molecule has 1 fully saturated rings. The molecule has 1 aliphatic heterocycles. The summed E-state index contributed by atoms with van der Waals surface area (Å²) < 4.78 is 43.1. The lowest BCUT2D eigenvalue weighted by molar-refractivity contribution is -0.115. The zero-order valence-corrected chi connectivity index (χ0v) is 17.2. The minimum atomic E-state index is -3.77. The number of amides is 1. The molecule has 1 aromatic heterocycles. The van der Waals surface area contributed by atoms with Crippen LogP contribution in [0.3, 0.4) is 0 Å². The van der Waals surface area contributed by atoms with Gasteiger partial charge in [-0.3, -0.25) is 10.1 Å². The van der Waals surface area contributed by atoms with Gasteiger partial charge in [0.05, 0.1) is 39.2 Å². The van der Waals surface area contributed by atoms with Crippen LogP contribution in [0.25, 0.3) is 0 Å². The summed E-state index contributed by atoms with van der Waals surface area (Å²) in [5, 5.41) is 5.77. The smallest absolute Gasteiger partial charge is 0.246 e. The average molecular weight is 423 g/mol. The third-order valence-corrected chi connectivity index (χ3v) is 6.49. The van der Waals surface area contributed by atoms with Crippen molar-refractivity contribution in [3.8, 4) is 5.75 Å². The average Bonchev–Trinajstić information content (AvgIpc) is 3.27. The minimum absolute atomic E-state index is 0.0108. The summed E-state index contributed by atoms with van der Waals surface area (Å²) in [6, 6.07) is 8.01. The number of nitrogens with zero attached hydrogens (tertiary/aromatic N) is 1. The van der Waals surface area contributed by atoms with Crippen LogP contribution >= 0.6 is 0 Å². The lowest BCUT2D eigenvalue weighted by Crippen LogP contribution is -2.40. The Labute approximate surface area is 170 Å². The van der Waals surface area contributed by atoms with Gasteiger partial charge in [0.1, 0.15) is 16.4 Å². The molecular weight excluding hydrogens is 398 g/mol. The lowest BCUT2D eigenvalue weighted by Gasteiger charge is -2.26. The molecule has 2 aromatic rings. The van der Waals surface area contributed by atoms with Crippen LogP contribution in [0.15, 0.2) is 45.9 Å². The lowest BCUT2D eigenvalue weighted by atomic mass is 10.2. The van der Waals surface area contributed by atoms with E-state index in [-0.39, 0.29) is 42.2 Å². The first kappa shape index (κ1) is 21.3. The molecule has 1 atom stereocenters. The molecule has 1 saturated heterocycles. The van der Waals surface area contributed by atoms with Gasteiger partial charge in [0.25, 0.3) is 0 Å². The summed E-state index contributed by atoms with van der Waals surface area (Å²) in [6.07, 6.45) is 1.57. The fourth-order valence-electron chi connectivity index (χ4n) is 2.97. The molecule has 3 rings (SSSR count). The van der Waals surface area contributed by atoms with Crippen LogP contribution in [0.1, 0.15) is 18.7 Å². The number of carbonyl (C=O) groups is 1. The molecule has 0 bridgehead atoms. The largest absolute Gasteiger partial charge is 0.495 e. The Bertz CT molecular complexity index is 923. The Balaban J connectivity index is 1.70. The highest BCUT2D eigenvalue weighted by molar-refractivity contribution is 7.89. The van der Waals surface area contributed by atoms with Crippen LogP contribution in [0.2, 0.25) is 0 Å². The fourth-order valence-corrected chi connectivity index (χ4v) is 4.56. The number of rotatable bonds is 8. The van der Waals surface area contributed by atoms with Crippen LogP contribution in [0.4, 0.5) is 5.69 Å². The molecule has 0 radical (unpaired) electrons. The number of furan rings is 1. The van der Waals surface area contributed by atoms with Crippen molar-refractivity contribution in [1.82, 2.24) is 9.62 Å². The van der Waals surface area contributed by atoms with E-state index in [1.54, 1.807) is 18.4 Å². The zero-order valence-electron chi connectivity index (χ0n) is 16.4. The van der Waals surface area contributed by atoms with Gasteiger partial charge in [0, 0.05) is 18.8 Å². The maximum Gasteiger partial charge on any atom is 0.246 e. The molecule has 0 spiro atoms. The SMILES string of the molecule is COc1ccc(NC(=O)CN[C@H](C)c2ccco2)cc1S(=O)(=O)N1CCOCC1. The second-order valence-corrected chi connectivity index (χ2v) is 8.45. The second kappa shape index (κ2) is 9.40. The second-order valence-electron chi connectivity index (χ2n) is 6.55. The number of nitrogens with one attached hydrogen (secondary N) is 2. The van der Waals surface area contributed by atoms with E-state index in [0.29, 0.717) is 18.9 Å². The number of sulfonamides is 1. The number of hydrogen-bond donors (Lipinski definition) is 2. The molecule has 0 saturated carbocycles.